The molecular weight excluding hydrogens is 384 g/mol. The number of ether oxygens (including phenoxy) is 3. The van der Waals surface area contributed by atoms with Crippen LogP contribution in [0.15, 0.2) is 77.2 Å². The normalized spacial score (nSPS) is 12.1. The van der Waals surface area contributed by atoms with Gasteiger partial charge in [-0.15, -0.1) is 0 Å². The van der Waals surface area contributed by atoms with E-state index in [2.05, 4.69) is 0 Å². The van der Waals surface area contributed by atoms with Crippen molar-refractivity contribution in [3.05, 3.63) is 72.8 Å². The Labute approximate surface area is 170 Å². The van der Waals surface area contributed by atoms with Crippen LogP contribution in [0.2, 0.25) is 0 Å². The van der Waals surface area contributed by atoms with E-state index in [4.69, 9.17) is 18.6 Å². The molecule has 0 fully saturated rings. The molecule has 1 aromatic heterocycles. The zero-order valence-corrected chi connectivity index (χ0v) is 15.5. The van der Waals surface area contributed by atoms with Gasteiger partial charge in [-0.1, -0.05) is 24.3 Å². The highest BCUT2D eigenvalue weighted by atomic mass is 16.6. The minimum atomic E-state index is -0.0941. The van der Waals surface area contributed by atoms with Gasteiger partial charge in [0, 0.05) is 35.0 Å². The molecule has 0 bridgehead atoms. The Hall–Kier alpha value is -4.32. The summed E-state index contributed by atoms with van der Waals surface area (Å²) in [6.07, 6.45) is 0. The third-order valence-corrected chi connectivity index (χ3v) is 4.92. The summed E-state index contributed by atoms with van der Waals surface area (Å²) in [6.45, 7) is 0. The summed E-state index contributed by atoms with van der Waals surface area (Å²) in [7, 11) is 0. The van der Waals surface area contributed by atoms with Gasteiger partial charge in [0.2, 0.25) is 0 Å². The van der Waals surface area contributed by atoms with Gasteiger partial charge >= 0.3 is 0 Å². The van der Waals surface area contributed by atoms with E-state index in [1.807, 2.05) is 42.5 Å². The van der Waals surface area contributed by atoms with Gasteiger partial charge in [-0.3, -0.25) is 0 Å². The van der Waals surface area contributed by atoms with Gasteiger partial charge in [-0.25, -0.2) is 0 Å². The number of aromatic hydroxyl groups is 2. The van der Waals surface area contributed by atoms with Crippen molar-refractivity contribution in [2.24, 2.45) is 0 Å². The minimum Gasteiger partial charge on any atom is -0.508 e. The molecule has 0 saturated carbocycles. The number of hydrogen-bond acceptors (Lipinski definition) is 6. The van der Waals surface area contributed by atoms with Gasteiger partial charge < -0.3 is 28.8 Å². The predicted molar refractivity (Wildman–Crippen MR) is 110 cm³/mol. The molecule has 6 rings (SSSR count). The van der Waals surface area contributed by atoms with Crippen LogP contribution in [0.5, 0.6) is 46.0 Å². The topological polar surface area (TPSA) is 81.3 Å². The van der Waals surface area contributed by atoms with E-state index in [1.54, 1.807) is 12.1 Å². The summed E-state index contributed by atoms with van der Waals surface area (Å²) in [4.78, 5) is 0. The zero-order valence-electron chi connectivity index (χ0n) is 15.5. The van der Waals surface area contributed by atoms with Crippen LogP contribution in [-0.2, 0) is 0 Å². The largest absolute Gasteiger partial charge is 0.508 e. The minimum absolute atomic E-state index is 0.0941. The molecule has 2 N–H and O–H groups in total. The standard InChI is InChI=1S/C24H14O6/c25-13-8-14(26)10-15(9-13)27-20-7-3-4-16-17-11-22-23(12-21(17)30-24(16)20)29-19-6-2-1-5-18(19)28-22/h1-12,25-26H. The summed E-state index contributed by atoms with van der Waals surface area (Å²) in [5.41, 5.74) is 1.16. The van der Waals surface area contributed by atoms with Crippen molar-refractivity contribution in [1.82, 2.24) is 0 Å². The molecule has 4 aromatic carbocycles. The molecule has 6 nitrogen and oxygen atoms in total. The lowest BCUT2D eigenvalue weighted by molar-refractivity contribution is 0.360. The quantitative estimate of drug-likeness (QED) is 0.338. The molecule has 0 aliphatic carbocycles. The summed E-state index contributed by atoms with van der Waals surface area (Å²) in [5.74, 6) is 3.04. The molecule has 5 aromatic rings. The van der Waals surface area contributed by atoms with E-state index in [0.717, 1.165) is 10.8 Å². The van der Waals surface area contributed by atoms with Gasteiger partial charge in [0.15, 0.2) is 34.3 Å². The molecule has 1 aliphatic heterocycles. The first-order valence-corrected chi connectivity index (χ1v) is 9.29. The Morgan fingerprint density at radius 1 is 0.633 bits per heavy atom. The van der Waals surface area contributed by atoms with Crippen molar-refractivity contribution in [3.8, 4) is 46.0 Å². The summed E-state index contributed by atoms with van der Waals surface area (Å²) in [5, 5.41) is 21.1. The number of phenolic OH excluding ortho intramolecular Hbond substituents is 2. The number of phenols is 2. The van der Waals surface area contributed by atoms with Gasteiger partial charge in [-0.05, 0) is 24.3 Å². The second-order valence-corrected chi connectivity index (χ2v) is 6.97. The lowest BCUT2D eigenvalue weighted by atomic mass is 10.1. The van der Waals surface area contributed by atoms with Crippen LogP contribution >= 0.6 is 0 Å². The van der Waals surface area contributed by atoms with Crippen LogP contribution in [0.3, 0.4) is 0 Å². The maximum Gasteiger partial charge on any atom is 0.177 e. The van der Waals surface area contributed by atoms with Crippen molar-refractivity contribution in [2.45, 2.75) is 0 Å². The average molecular weight is 398 g/mol. The van der Waals surface area contributed by atoms with E-state index >= 15 is 0 Å². The van der Waals surface area contributed by atoms with Crippen molar-refractivity contribution in [3.63, 3.8) is 0 Å². The predicted octanol–water partition coefficient (Wildman–Crippen LogP) is 6.69. The Morgan fingerprint density at radius 3 is 2.07 bits per heavy atom. The van der Waals surface area contributed by atoms with E-state index in [-0.39, 0.29) is 11.5 Å². The molecule has 0 amide bonds. The van der Waals surface area contributed by atoms with Crippen LogP contribution in [0.4, 0.5) is 0 Å². The maximum absolute atomic E-state index is 9.70. The molecule has 30 heavy (non-hydrogen) atoms. The zero-order chi connectivity index (χ0) is 20.2. The molecule has 0 atom stereocenters. The van der Waals surface area contributed by atoms with Crippen LogP contribution in [0, 0.1) is 0 Å². The maximum atomic E-state index is 9.70. The molecular formula is C24H14O6. The third kappa shape index (κ3) is 2.58. The SMILES string of the molecule is Oc1cc(O)cc(Oc2cccc3c2oc2cc4c(cc23)Oc2ccccc2O4)c1. The van der Waals surface area contributed by atoms with Crippen molar-refractivity contribution >= 4 is 21.9 Å². The van der Waals surface area contributed by atoms with Crippen molar-refractivity contribution in [1.29, 1.82) is 0 Å². The molecule has 2 heterocycles. The van der Waals surface area contributed by atoms with Gasteiger partial charge in [0.25, 0.3) is 0 Å². The van der Waals surface area contributed by atoms with Gasteiger partial charge in [0.05, 0.1) is 0 Å². The molecule has 1 aliphatic rings. The van der Waals surface area contributed by atoms with Crippen molar-refractivity contribution in [2.75, 3.05) is 0 Å². The first-order valence-electron chi connectivity index (χ1n) is 9.29. The molecule has 6 heteroatoms. The van der Waals surface area contributed by atoms with E-state index in [9.17, 15) is 10.2 Å². The Balaban J connectivity index is 1.48. The highest BCUT2D eigenvalue weighted by Gasteiger charge is 2.22. The first-order chi connectivity index (χ1) is 14.6. The Morgan fingerprint density at radius 2 is 1.33 bits per heavy atom. The molecule has 0 radical (unpaired) electrons. The van der Waals surface area contributed by atoms with Crippen LogP contribution in [0.25, 0.3) is 21.9 Å². The van der Waals surface area contributed by atoms with Crippen molar-refractivity contribution < 1.29 is 28.8 Å². The Kier molecular flexibility index (Phi) is 3.37. The molecule has 0 saturated heterocycles. The van der Waals surface area contributed by atoms with Crippen LogP contribution in [0.1, 0.15) is 0 Å². The molecule has 146 valence electrons. The number of benzene rings is 4. The fourth-order valence-corrected chi connectivity index (χ4v) is 3.63. The highest BCUT2D eigenvalue weighted by molar-refractivity contribution is 6.08. The number of furan rings is 1. The second kappa shape index (κ2) is 6.09. The fraction of sp³-hybridized carbons (Fsp3) is 0. The fourth-order valence-electron chi connectivity index (χ4n) is 3.63. The van der Waals surface area contributed by atoms with Crippen LogP contribution in [-0.4, -0.2) is 10.2 Å². The van der Waals surface area contributed by atoms with Gasteiger partial charge in [0.1, 0.15) is 22.8 Å². The number of hydrogen-bond donors (Lipinski definition) is 2. The third-order valence-electron chi connectivity index (χ3n) is 4.92. The lowest BCUT2D eigenvalue weighted by Crippen LogP contribution is -1.98. The van der Waals surface area contributed by atoms with E-state index in [1.165, 1.54) is 18.2 Å². The lowest BCUT2D eigenvalue weighted by Gasteiger charge is -2.20. The monoisotopic (exact) mass is 398 g/mol. The smallest absolute Gasteiger partial charge is 0.177 e. The van der Waals surface area contributed by atoms with E-state index in [0.29, 0.717) is 45.7 Å². The average Bonchev–Trinajstić information content (AvgIpc) is 3.08. The van der Waals surface area contributed by atoms with Gasteiger partial charge in [-0.2, -0.15) is 0 Å². The number of fused-ring (bicyclic) bond motifs is 5. The summed E-state index contributed by atoms with van der Waals surface area (Å²) >= 11 is 0. The second-order valence-electron chi connectivity index (χ2n) is 6.97. The molecule has 0 spiro atoms. The van der Waals surface area contributed by atoms with Crippen LogP contribution < -0.4 is 14.2 Å². The molecule has 0 unspecified atom stereocenters. The first kappa shape index (κ1) is 16.6. The summed E-state index contributed by atoms with van der Waals surface area (Å²) < 4.78 is 23.9. The number of para-hydroxylation sites is 3. The highest BCUT2D eigenvalue weighted by Crippen LogP contribution is 2.48. The summed E-state index contributed by atoms with van der Waals surface area (Å²) in [6, 6.07) is 20.8. The Bertz CT molecular complexity index is 1430. The number of rotatable bonds is 2. The van der Waals surface area contributed by atoms with E-state index < -0.39 is 0 Å².